The highest BCUT2D eigenvalue weighted by atomic mass is 32.2. The van der Waals surface area contributed by atoms with E-state index >= 15 is 0 Å². The van der Waals surface area contributed by atoms with Crippen molar-refractivity contribution in [2.24, 2.45) is 4.40 Å². The molecule has 1 aromatic carbocycles. The van der Waals surface area contributed by atoms with E-state index in [0.717, 1.165) is 17.7 Å². The zero-order chi connectivity index (χ0) is 15.7. The minimum absolute atomic E-state index is 0.216. The molecule has 7 heteroatoms. The van der Waals surface area contributed by atoms with Gasteiger partial charge in [0.25, 0.3) is 10.0 Å². The molecule has 1 N–H and O–H groups in total. The molecule has 6 nitrogen and oxygen atoms in total. The zero-order valence-electron chi connectivity index (χ0n) is 12.5. The maximum atomic E-state index is 12.0. The molecule has 0 spiro atoms. The Morgan fingerprint density at radius 2 is 1.95 bits per heavy atom. The molecular formula is C15H18N4O2S. The van der Waals surface area contributed by atoms with Crippen LogP contribution in [0.5, 0.6) is 0 Å². The lowest BCUT2D eigenvalue weighted by Crippen LogP contribution is -2.10. The van der Waals surface area contributed by atoms with Gasteiger partial charge in [-0.15, -0.1) is 4.40 Å². The Balaban J connectivity index is 1.74. The summed E-state index contributed by atoms with van der Waals surface area (Å²) in [4.78, 5) is 1.80. The molecule has 1 saturated carbocycles. The van der Waals surface area contributed by atoms with Crippen LogP contribution in [-0.4, -0.2) is 43.9 Å². The Bertz CT molecular complexity index is 764. The predicted octanol–water partition coefficient (Wildman–Crippen LogP) is 1.96. The van der Waals surface area contributed by atoms with Crippen LogP contribution < -0.4 is 0 Å². The van der Waals surface area contributed by atoms with Gasteiger partial charge in [0.2, 0.25) is 0 Å². The van der Waals surface area contributed by atoms with Crippen molar-refractivity contribution in [2.45, 2.75) is 23.2 Å². The highest BCUT2D eigenvalue weighted by molar-refractivity contribution is 7.90. The summed E-state index contributed by atoms with van der Waals surface area (Å²) in [6.07, 6.45) is 4.11. The second-order valence-electron chi connectivity index (χ2n) is 5.69. The summed E-state index contributed by atoms with van der Waals surface area (Å²) in [5, 5.41) is 6.96. The molecule has 116 valence electrons. The average molecular weight is 318 g/mol. The lowest BCUT2D eigenvalue weighted by molar-refractivity contribution is 0.594. The average Bonchev–Trinajstić information content (AvgIpc) is 3.11. The van der Waals surface area contributed by atoms with Gasteiger partial charge in [-0.2, -0.15) is 13.5 Å². The third-order valence-corrected chi connectivity index (χ3v) is 4.97. The minimum atomic E-state index is -3.62. The summed E-state index contributed by atoms with van der Waals surface area (Å²) in [6.45, 7) is 0. The van der Waals surface area contributed by atoms with Gasteiger partial charge in [-0.05, 0) is 36.1 Å². The fourth-order valence-electron chi connectivity index (χ4n) is 2.48. The van der Waals surface area contributed by atoms with E-state index in [-0.39, 0.29) is 4.90 Å². The second-order valence-corrected chi connectivity index (χ2v) is 7.32. The van der Waals surface area contributed by atoms with Crippen molar-refractivity contribution in [1.82, 2.24) is 15.1 Å². The number of aromatic nitrogens is 2. The quantitative estimate of drug-likeness (QED) is 0.675. The number of benzene rings is 1. The summed E-state index contributed by atoms with van der Waals surface area (Å²) in [7, 11) is -0.169. The van der Waals surface area contributed by atoms with Crippen LogP contribution in [0.25, 0.3) is 0 Å². The zero-order valence-corrected chi connectivity index (χ0v) is 13.3. The SMILES string of the molecule is CN(C)C=NS(=O)(=O)c1ccc([C@@H]2C[C@H]2c2ccn[nH]2)cc1. The number of nitrogens with one attached hydrogen (secondary N) is 1. The lowest BCUT2D eigenvalue weighted by atomic mass is 10.1. The summed E-state index contributed by atoms with van der Waals surface area (Å²) in [5.41, 5.74) is 2.28. The number of aromatic amines is 1. The first-order valence-corrected chi connectivity index (χ1v) is 8.47. The van der Waals surface area contributed by atoms with Crippen molar-refractivity contribution in [2.75, 3.05) is 14.1 Å². The molecule has 0 unspecified atom stereocenters. The Labute approximate surface area is 129 Å². The van der Waals surface area contributed by atoms with E-state index in [4.69, 9.17) is 0 Å². The smallest absolute Gasteiger partial charge is 0.283 e. The van der Waals surface area contributed by atoms with Crippen LogP contribution in [0.4, 0.5) is 0 Å². The highest BCUT2D eigenvalue weighted by Crippen LogP contribution is 2.53. The first-order valence-electron chi connectivity index (χ1n) is 7.03. The van der Waals surface area contributed by atoms with Gasteiger partial charge in [0.05, 0.1) is 4.90 Å². The molecular weight excluding hydrogens is 300 g/mol. The van der Waals surface area contributed by atoms with E-state index < -0.39 is 10.0 Å². The van der Waals surface area contributed by atoms with Crippen molar-refractivity contribution in [3.05, 3.63) is 47.8 Å². The van der Waals surface area contributed by atoms with Gasteiger partial charge in [-0.25, -0.2) is 0 Å². The van der Waals surface area contributed by atoms with Crippen LogP contribution in [0.3, 0.4) is 0 Å². The van der Waals surface area contributed by atoms with E-state index in [1.807, 2.05) is 18.2 Å². The largest absolute Gasteiger partial charge is 0.368 e. The van der Waals surface area contributed by atoms with Crippen molar-refractivity contribution >= 4 is 16.4 Å². The fourth-order valence-corrected chi connectivity index (χ4v) is 3.40. The Morgan fingerprint density at radius 1 is 1.23 bits per heavy atom. The van der Waals surface area contributed by atoms with E-state index in [0.29, 0.717) is 11.8 Å². The van der Waals surface area contributed by atoms with Gasteiger partial charge in [0, 0.05) is 31.9 Å². The molecule has 1 heterocycles. The summed E-state index contributed by atoms with van der Waals surface area (Å²) >= 11 is 0. The summed E-state index contributed by atoms with van der Waals surface area (Å²) in [6, 6.07) is 8.98. The van der Waals surface area contributed by atoms with E-state index in [2.05, 4.69) is 14.6 Å². The number of H-pyrrole nitrogens is 1. The highest BCUT2D eigenvalue weighted by Gasteiger charge is 2.40. The van der Waals surface area contributed by atoms with Gasteiger partial charge in [0.15, 0.2) is 0 Å². The van der Waals surface area contributed by atoms with Crippen LogP contribution in [-0.2, 0) is 10.0 Å². The first-order chi connectivity index (χ1) is 10.5. The molecule has 0 aliphatic heterocycles. The Kier molecular flexibility index (Phi) is 3.74. The summed E-state index contributed by atoms with van der Waals surface area (Å²) in [5.74, 6) is 0.888. The predicted molar refractivity (Wildman–Crippen MR) is 84.5 cm³/mol. The molecule has 1 fully saturated rings. The molecule has 22 heavy (non-hydrogen) atoms. The number of nitrogens with zero attached hydrogens (tertiary/aromatic N) is 3. The van der Waals surface area contributed by atoms with Crippen molar-refractivity contribution in [3.8, 4) is 0 Å². The van der Waals surface area contributed by atoms with Crippen molar-refractivity contribution in [1.29, 1.82) is 0 Å². The molecule has 1 aromatic heterocycles. The fraction of sp³-hybridized carbons (Fsp3) is 0.333. The molecule has 2 aromatic rings. The monoisotopic (exact) mass is 318 g/mol. The molecule has 3 rings (SSSR count). The van der Waals surface area contributed by atoms with Crippen LogP contribution in [0.1, 0.15) is 29.5 Å². The van der Waals surface area contributed by atoms with Gasteiger partial charge in [-0.1, -0.05) is 12.1 Å². The van der Waals surface area contributed by atoms with Crippen LogP contribution in [0.2, 0.25) is 0 Å². The normalized spacial score (nSPS) is 21.2. The van der Waals surface area contributed by atoms with E-state index in [9.17, 15) is 8.42 Å². The maximum absolute atomic E-state index is 12.0. The number of sulfonamides is 1. The Morgan fingerprint density at radius 3 is 2.55 bits per heavy atom. The van der Waals surface area contributed by atoms with Crippen LogP contribution >= 0.6 is 0 Å². The number of hydrogen-bond acceptors (Lipinski definition) is 3. The molecule has 2 atom stereocenters. The third kappa shape index (κ3) is 3.04. The van der Waals surface area contributed by atoms with Gasteiger partial charge < -0.3 is 4.90 Å². The Hall–Kier alpha value is -2.15. The van der Waals surface area contributed by atoms with Gasteiger partial charge in [0.1, 0.15) is 6.34 Å². The van der Waals surface area contributed by atoms with Gasteiger partial charge >= 0.3 is 0 Å². The van der Waals surface area contributed by atoms with Gasteiger partial charge in [-0.3, -0.25) is 5.10 Å². The molecule has 0 bridgehead atoms. The van der Waals surface area contributed by atoms with Crippen LogP contribution in [0, 0.1) is 0 Å². The third-order valence-electron chi connectivity index (χ3n) is 3.74. The van der Waals surface area contributed by atoms with Crippen LogP contribution in [0.15, 0.2) is 45.8 Å². The minimum Gasteiger partial charge on any atom is -0.368 e. The molecule has 0 radical (unpaired) electrons. The maximum Gasteiger partial charge on any atom is 0.283 e. The van der Waals surface area contributed by atoms with Crippen molar-refractivity contribution in [3.63, 3.8) is 0 Å². The standard InChI is InChI=1S/C15H18N4O2S/c1-19(2)10-17-22(20,21)12-5-3-11(4-6-12)13-9-14(13)15-7-8-16-18-15/h3-8,10,13-14H,9H2,1-2H3,(H,16,18)/t13-,14+/m0/s1. The van der Waals surface area contributed by atoms with E-state index in [1.165, 1.54) is 6.34 Å². The molecule has 1 aliphatic rings. The second kappa shape index (κ2) is 5.57. The molecule has 0 saturated heterocycles. The summed E-state index contributed by atoms with van der Waals surface area (Å²) < 4.78 is 27.7. The van der Waals surface area contributed by atoms with E-state index in [1.54, 1.807) is 37.3 Å². The number of rotatable bonds is 5. The topological polar surface area (TPSA) is 78.4 Å². The molecule has 1 aliphatic carbocycles. The lowest BCUT2D eigenvalue weighted by Gasteiger charge is -2.04. The first kappa shape index (κ1) is 14.8. The number of hydrogen-bond donors (Lipinski definition) is 1. The molecule has 0 amide bonds. The van der Waals surface area contributed by atoms with Crippen molar-refractivity contribution < 1.29 is 8.42 Å².